The maximum Gasteiger partial charge on any atom is 0.322 e. The van der Waals surface area contributed by atoms with Crippen LogP contribution in [0.25, 0.3) is 11.0 Å². The number of urea groups is 1. The molecule has 0 fully saturated rings. The largest absolute Gasteiger partial charge is 0.464 e. The predicted molar refractivity (Wildman–Crippen MR) is 153 cm³/mol. The first-order chi connectivity index (χ1) is 18.7. The van der Waals surface area contributed by atoms with E-state index in [9.17, 15) is 18.8 Å². The molecule has 7 nitrogen and oxygen atoms in total. The lowest BCUT2D eigenvalue weighted by atomic mass is 10.1. The summed E-state index contributed by atoms with van der Waals surface area (Å²) in [5, 5.41) is 3.26. The smallest absolute Gasteiger partial charge is 0.322 e. The summed E-state index contributed by atoms with van der Waals surface area (Å²) in [6.45, 7) is 4.13. The van der Waals surface area contributed by atoms with Crippen molar-refractivity contribution in [3.8, 4) is 0 Å². The minimum absolute atomic E-state index is 0.0356. The molecular weight excluding hydrogens is 565 g/mol. The van der Waals surface area contributed by atoms with Gasteiger partial charge in [0.1, 0.15) is 17.9 Å². The number of carbonyl (C=O) groups excluding carboxylic acids is 2. The van der Waals surface area contributed by atoms with E-state index in [1.54, 1.807) is 54.6 Å². The van der Waals surface area contributed by atoms with Crippen molar-refractivity contribution < 1.29 is 18.4 Å². The molecule has 0 aliphatic rings. The molecule has 0 aliphatic carbocycles. The van der Waals surface area contributed by atoms with E-state index < -0.39 is 6.03 Å². The summed E-state index contributed by atoms with van der Waals surface area (Å²) in [4.78, 5) is 43.0. The highest BCUT2D eigenvalue weighted by molar-refractivity contribution is 9.10. The van der Waals surface area contributed by atoms with Gasteiger partial charge >= 0.3 is 6.03 Å². The Kier molecular flexibility index (Phi) is 9.14. The number of anilines is 1. The fourth-order valence-electron chi connectivity index (χ4n) is 4.17. The molecule has 202 valence electrons. The van der Waals surface area contributed by atoms with Crippen LogP contribution in [-0.4, -0.2) is 34.8 Å². The lowest BCUT2D eigenvalue weighted by molar-refractivity contribution is -0.133. The van der Waals surface area contributed by atoms with Gasteiger partial charge in [-0.2, -0.15) is 0 Å². The van der Waals surface area contributed by atoms with Gasteiger partial charge in [0.25, 0.3) is 0 Å². The van der Waals surface area contributed by atoms with Crippen LogP contribution in [0, 0.1) is 11.7 Å². The third-order valence-corrected chi connectivity index (χ3v) is 6.52. The second-order valence-electron chi connectivity index (χ2n) is 9.68. The first-order valence-corrected chi connectivity index (χ1v) is 13.3. The molecule has 0 saturated carbocycles. The molecule has 0 aliphatic heterocycles. The fraction of sp³-hybridized carbons (Fsp3) is 0.233. The zero-order chi connectivity index (χ0) is 27.9. The number of halogens is 2. The van der Waals surface area contributed by atoms with Gasteiger partial charge in [-0.15, -0.1) is 0 Å². The summed E-state index contributed by atoms with van der Waals surface area (Å²) in [6, 6.07) is 19.5. The van der Waals surface area contributed by atoms with Gasteiger partial charge in [0.05, 0.1) is 23.8 Å². The van der Waals surface area contributed by atoms with Crippen molar-refractivity contribution in [1.82, 2.24) is 9.80 Å². The van der Waals surface area contributed by atoms with E-state index in [0.29, 0.717) is 34.3 Å². The molecule has 1 N–H and O–H groups in total. The minimum atomic E-state index is -0.415. The Morgan fingerprint density at radius 1 is 0.974 bits per heavy atom. The minimum Gasteiger partial charge on any atom is -0.464 e. The van der Waals surface area contributed by atoms with Gasteiger partial charge in [0.2, 0.25) is 5.91 Å². The van der Waals surface area contributed by atoms with Crippen molar-refractivity contribution in [2.75, 3.05) is 18.4 Å². The number of rotatable bonds is 9. The molecule has 4 rings (SSSR count). The maximum absolute atomic E-state index is 13.7. The second-order valence-corrected chi connectivity index (χ2v) is 10.6. The molecule has 3 amide bonds. The van der Waals surface area contributed by atoms with Crippen molar-refractivity contribution in [3.05, 3.63) is 111 Å². The molecule has 4 aromatic rings. The standard InChI is InChI=1S/C30H29BrFN3O4/c1-20(2)15-35(30(38)33-25-7-5-6-23(31)14-25)18-28(36)34(16-21-10-12-24(32)13-11-21)17-22-19-39-27-9-4-3-8-26(27)29(22)37/h3-14,19-20H,15-18H2,1-2H3,(H,33,38). The summed E-state index contributed by atoms with van der Waals surface area (Å²) >= 11 is 3.39. The van der Waals surface area contributed by atoms with Gasteiger partial charge in [-0.3, -0.25) is 9.59 Å². The molecular formula is C30H29BrFN3O4. The monoisotopic (exact) mass is 593 g/mol. The molecule has 9 heteroatoms. The van der Waals surface area contributed by atoms with Crippen molar-refractivity contribution in [2.24, 2.45) is 5.92 Å². The maximum atomic E-state index is 13.7. The average Bonchev–Trinajstić information content (AvgIpc) is 2.90. The number of carbonyl (C=O) groups is 2. The molecule has 3 aromatic carbocycles. The van der Waals surface area contributed by atoms with Crippen LogP contribution in [-0.2, 0) is 17.9 Å². The Morgan fingerprint density at radius 3 is 2.44 bits per heavy atom. The number of nitrogens with zero attached hydrogens (tertiary/aromatic N) is 2. The number of amides is 3. The number of benzene rings is 3. The molecule has 1 aromatic heterocycles. The molecule has 0 saturated heterocycles. The SMILES string of the molecule is CC(C)CN(CC(=O)N(Cc1ccc(F)cc1)Cc1coc2ccccc2c1=O)C(=O)Nc1cccc(Br)c1. The average molecular weight is 594 g/mol. The number of nitrogens with one attached hydrogen (secondary N) is 1. The van der Waals surface area contributed by atoms with Crippen LogP contribution in [0.3, 0.4) is 0 Å². The van der Waals surface area contributed by atoms with E-state index in [1.165, 1.54) is 28.2 Å². The first kappa shape index (κ1) is 28.0. The van der Waals surface area contributed by atoms with E-state index in [-0.39, 0.29) is 42.7 Å². The summed E-state index contributed by atoms with van der Waals surface area (Å²) in [5.41, 5.74) is 1.80. The van der Waals surface area contributed by atoms with Gasteiger partial charge < -0.3 is 19.5 Å². The Labute approximate surface area is 234 Å². The van der Waals surface area contributed by atoms with Crippen LogP contribution in [0.5, 0.6) is 0 Å². The second kappa shape index (κ2) is 12.7. The highest BCUT2D eigenvalue weighted by Crippen LogP contribution is 2.18. The third kappa shape index (κ3) is 7.54. The molecule has 0 atom stereocenters. The van der Waals surface area contributed by atoms with Gasteiger partial charge in [0, 0.05) is 23.2 Å². The summed E-state index contributed by atoms with van der Waals surface area (Å²) < 4.78 is 20.0. The van der Waals surface area contributed by atoms with Crippen molar-refractivity contribution in [2.45, 2.75) is 26.9 Å². The predicted octanol–water partition coefficient (Wildman–Crippen LogP) is 6.41. The van der Waals surface area contributed by atoms with Crippen LogP contribution < -0.4 is 10.7 Å². The molecule has 0 radical (unpaired) electrons. The van der Waals surface area contributed by atoms with Crippen LogP contribution in [0.2, 0.25) is 0 Å². The Balaban J connectivity index is 1.60. The van der Waals surface area contributed by atoms with Crippen LogP contribution in [0.4, 0.5) is 14.9 Å². The van der Waals surface area contributed by atoms with Gasteiger partial charge in [-0.1, -0.05) is 60.1 Å². The summed E-state index contributed by atoms with van der Waals surface area (Å²) in [5.74, 6) is -0.653. The van der Waals surface area contributed by atoms with Crippen molar-refractivity contribution in [3.63, 3.8) is 0 Å². The Hall–Kier alpha value is -3.98. The first-order valence-electron chi connectivity index (χ1n) is 12.5. The Morgan fingerprint density at radius 2 is 1.72 bits per heavy atom. The molecule has 1 heterocycles. The lowest BCUT2D eigenvalue weighted by Crippen LogP contribution is -2.45. The zero-order valence-corrected chi connectivity index (χ0v) is 23.3. The number of fused-ring (bicyclic) bond motifs is 1. The van der Waals surface area contributed by atoms with Gasteiger partial charge in [-0.05, 0) is 53.9 Å². The molecule has 39 heavy (non-hydrogen) atoms. The van der Waals surface area contributed by atoms with Crippen LogP contribution in [0.15, 0.2) is 92.7 Å². The lowest BCUT2D eigenvalue weighted by Gasteiger charge is -2.29. The van der Waals surface area contributed by atoms with Crippen molar-refractivity contribution >= 4 is 44.5 Å². The van der Waals surface area contributed by atoms with E-state index >= 15 is 0 Å². The molecule has 0 unspecified atom stereocenters. The van der Waals surface area contributed by atoms with E-state index in [0.717, 1.165) is 4.47 Å². The summed E-state index contributed by atoms with van der Waals surface area (Å²) in [7, 11) is 0. The van der Waals surface area contributed by atoms with Gasteiger partial charge in [-0.25, -0.2) is 9.18 Å². The fourth-order valence-corrected chi connectivity index (χ4v) is 4.57. The molecule has 0 spiro atoms. The number of para-hydroxylation sites is 1. The highest BCUT2D eigenvalue weighted by Gasteiger charge is 2.24. The highest BCUT2D eigenvalue weighted by atomic mass is 79.9. The van der Waals surface area contributed by atoms with Gasteiger partial charge in [0.15, 0.2) is 5.43 Å². The quantitative estimate of drug-likeness (QED) is 0.243. The zero-order valence-electron chi connectivity index (χ0n) is 21.7. The topological polar surface area (TPSA) is 82.9 Å². The number of hydrogen-bond donors (Lipinski definition) is 1. The van der Waals surface area contributed by atoms with E-state index in [4.69, 9.17) is 4.42 Å². The Bertz CT molecular complexity index is 1520. The summed E-state index contributed by atoms with van der Waals surface area (Å²) in [6.07, 6.45) is 1.36. The third-order valence-electron chi connectivity index (χ3n) is 6.03. The van der Waals surface area contributed by atoms with Crippen molar-refractivity contribution in [1.29, 1.82) is 0 Å². The number of hydrogen-bond acceptors (Lipinski definition) is 4. The van der Waals surface area contributed by atoms with Crippen LogP contribution >= 0.6 is 15.9 Å². The molecule has 0 bridgehead atoms. The van der Waals surface area contributed by atoms with Crippen LogP contribution in [0.1, 0.15) is 25.0 Å². The normalized spacial score (nSPS) is 11.0. The van der Waals surface area contributed by atoms with E-state index in [1.807, 2.05) is 19.9 Å². The van der Waals surface area contributed by atoms with E-state index in [2.05, 4.69) is 21.2 Å².